The Labute approximate surface area is 171 Å². The van der Waals surface area contributed by atoms with Gasteiger partial charge >= 0.3 is 11.9 Å². The second-order valence-corrected chi connectivity index (χ2v) is 6.68. The molecule has 0 atom stereocenters. The maximum Gasteiger partial charge on any atom is 0.328 e. The van der Waals surface area contributed by atoms with Crippen LogP contribution in [0.3, 0.4) is 0 Å². The highest BCUT2D eigenvalue weighted by Crippen LogP contribution is 2.21. The molecular weight excluding hydrogens is 370 g/mol. The number of aliphatic carboxylic acids is 2. The summed E-state index contributed by atoms with van der Waals surface area (Å²) in [6, 6.07) is 19.0. The minimum atomic E-state index is -1.26. The van der Waals surface area contributed by atoms with Gasteiger partial charge in [-0.1, -0.05) is 48.5 Å². The average molecular weight is 397 g/mol. The number of nitrogens with zero attached hydrogens (tertiary/aromatic N) is 1. The van der Waals surface area contributed by atoms with Crippen molar-refractivity contribution in [3.63, 3.8) is 0 Å². The first-order valence-corrected chi connectivity index (χ1v) is 9.65. The van der Waals surface area contributed by atoms with Gasteiger partial charge in [-0.05, 0) is 43.1 Å². The van der Waals surface area contributed by atoms with Crippen molar-refractivity contribution in [2.24, 2.45) is 0 Å². The standard InChI is InChI=1S/C19H23NO.C4H4O4/c1-2-8-17(9-3-1)16-18-10-4-5-11-19(18)21-15-7-14-20-12-6-13-20;5-3(6)1-2-4(7)8/h1-5,8-11H,6-7,12-16H2;1-2H,(H,5,6)(H,7,8)/b;2-1+. The lowest BCUT2D eigenvalue weighted by atomic mass is 10.0. The third-order valence-corrected chi connectivity index (χ3v) is 4.40. The summed E-state index contributed by atoms with van der Waals surface area (Å²) in [5.74, 6) is -1.48. The zero-order valence-electron chi connectivity index (χ0n) is 16.4. The number of ether oxygens (including phenoxy) is 1. The molecule has 0 aromatic heterocycles. The van der Waals surface area contributed by atoms with Crippen LogP contribution in [0.2, 0.25) is 0 Å². The molecule has 1 heterocycles. The average Bonchev–Trinajstić information content (AvgIpc) is 2.67. The van der Waals surface area contributed by atoms with Crippen LogP contribution in [0.4, 0.5) is 0 Å². The molecule has 1 fully saturated rings. The van der Waals surface area contributed by atoms with E-state index in [1.807, 2.05) is 0 Å². The van der Waals surface area contributed by atoms with Crippen molar-refractivity contribution in [1.29, 1.82) is 0 Å². The van der Waals surface area contributed by atoms with E-state index in [0.717, 1.165) is 25.2 Å². The first-order valence-electron chi connectivity index (χ1n) is 9.65. The fraction of sp³-hybridized carbons (Fsp3) is 0.304. The van der Waals surface area contributed by atoms with Crippen LogP contribution in [0.25, 0.3) is 0 Å². The maximum absolute atomic E-state index is 9.55. The van der Waals surface area contributed by atoms with Crippen molar-refractivity contribution in [2.45, 2.75) is 19.3 Å². The first-order chi connectivity index (χ1) is 14.0. The molecule has 6 nitrogen and oxygen atoms in total. The molecule has 1 aliphatic rings. The maximum atomic E-state index is 9.55. The zero-order chi connectivity index (χ0) is 20.9. The molecule has 0 spiro atoms. The number of carboxylic acid groups (broad SMARTS) is 2. The molecule has 2 N–H and O–H groups in total. The van der Waals surface area contributed by atoms with Gasteiger partial charge in [0.2, 0.25) is 0 Å². The Hall–Kier alpha value is -3.12. The van der Waals surface area contributed by atoms with E-state index in [0.29, 0.717) is 12.2 Å². The summed E-state index contributed by atoms with van der Waals surface area (Å²) in [5.41, 5.74) is 2.60. The molecule has 0 radical (unpaired) electrons. The summed E-state index contributed by atoms with van der Waals surface area (Å²) in [6.07, 6.45) is 4.52. The summed E-state index contributed by atoms with van der Waals surface area (Å²) in [5, 5.41) is 15.6. The van der Waals surface area contributed by atoms with Crippen molar-refractivity contribution in [3.8, 4) is 5.75 Å². The minimum Gasteiger partial charge on any atom is -0.493 e. The lowest BCUT2D eigenvalue weighted by molar-refractivity contribution is -0.134. The van der Waals surface area contributed by atoms with E-state index in [-0.39, 0.29) is 0 Å². The molecular formula is C23H27NO5. The molecule has 2 aromatic carbocycles. The minimum absolute atomic E-state index is 0.558. The van der Waals surface area contributed by atoms with Gasteiger partial charge in [-0.25, -0.2) is 9.59 Å². The molecule has 1 saturated heterocycles. The Morgan fingerprint density at radius 1 is 0.931 bits per heavy atom. The van der Waals surface area contributed by atoms with Crippen molar-refractivity contribution in [2.75, 3.05) is 26.2 Å². The van der Waals surface area contributed by atoms with Crippen molar-refractivity contribution in [3.05, 3.63) is 77.9 Å². The van der Waals surface area contributed by atoms with Gasteiger partial charge in [0, 0.05) is 25.1 Å². The van der Waals surface area contributed by atoms with Gasteiger partial charge in [0.25, 0.3) is 0 Å². The van der Waals surface area contributed by atoms with Crippen LogP contribution in [-0.2, 0) is 16.0 Å². The van der Waals surface area contributed by atoms with E-state index >= 15 is 0 Å². The summed E-state index contributed by atoms with van der Waals surface area (Å²) < 4.78 is 6.00. The van der Waals surface area contributed by atoms with Gasteiger partial charge < -0.3 is 19.8 Å². The number of carboxylic acids is 2. The molecule has 3 rings (SSSR count). The van der Waals surface area contributed by atoms with E-state index in [1.165, 1.54) is 37.2 Å². The monoisotopic (exact) mass is 397 g/mol. The second-order valence-electron chi connectivity index (χ2n) is 6.68. The van der Waals surface area contributed by atoms with Gasteiger partial charge in [-0.15, -0.1) is 0 Å². The largest absolute Gasteiger partial charge is 0.493 e. The first kappa shape index (κ1) is 22.2. The number of carbonyl (C=O) groups is 2. The molecule has 0 unspecified atom stereocenters. The molecule has 2 aromatic rings. The lowest BCUT2D eigenvalue weighted by Crippen LogP contribution is -2.38. The SMILES string of the molecule is O=C(O)/C=C/C(=O)O.c1ccc(Cc2ccccc2OCCCN2CCC2)cc1. The zero-order valence-corrected chi connectivity index (χ0v) is 16.4. The van der Waals surface area contributed by atoms with E-state index in [1.54, 1.807) is 0 Å². The van der Waals surface area contributed by atoms with Crippen LogP contribution in [-0.4, -0.2) is 53.3 Å². The summed E-state index contributed by atoms with van der Waals surface area (Å²) in [7, 11) is 0. The van der Waals surface area contributed by atoms with Crippen LogP contribution < -0.4 is 4.74 Å². The Bertz CT molecular complexity index is 784. The Morgan fingerprint density at radius 3 is 2.14 bits per heavy atom. The predicted octanol–water partition coefficient (Wildman–Crippen LogP) is 3.46. The Balaban J connectivity index is 0.000000321. The predicted molar refractivity (Wildman–Crippen MR) is 111 cm³/mol. The molecule has 0 amide bonds. The number of benzene rings is 2. The van der Waals surface area contributed by atoms with Crippen LogP contribution in [0, 0.1) is 0 Å². The van der Waals surface area contributed by atoms with E-state index < -0.39 is 11.9 Å². The van der Waals surface area contributed by atoms with Gasteiger partial charge in [0.05, 0.1) is 6.61 Å². The number of para-hydroxylation sites is 1. The third kappa shape index (κ3) is 9.08. The van der Waals surface area contributed by atoms with Crippen LogP contribution in [0.5, 0.6) is 5.75 Å². The fourth-order valence-electron chi connectivity index (χ4n) is 2.82. The highest BCUT2D eigenvalue weighted by atomic mass is 16.5. The number of rotatable bonds is 9. The summed E-state index contributed by atoms with van der Waals surface area (Å²) in [6.45, 7) is 4.51. The van der Waals surface area contributed by atoms with E-state index in [9.17, 15) is 9.59 Å². The number of likely N-dealkylation sites (tertiary alicyclic amines) is 1. The normalized spacial score (nSPS) is 13.2. The van der Waals surface area contributed by atoms with E-state index in [2.05, 4.69) is 59.5 Å². The molecule has 154 valence electrons. The van der Waals surface area contributed by atoms with Crippen LogP contribution in [0.15, 0.2) is 66.7 Å². The second kappa shape index (κ2) is 12.4. The van der Waals surface area contributed by atoms with Crippen molar-refractivity contribution < 1.29 is 24.5 Å². The highest BCUT2D eigenvalue weighted by Gasteiger charge is 2.12. The van der Waals surface area contributed by atoms with Gasteiger partial charge in [0.15, 0.2) is 0 Å². The Morgan fingerprint density at radius 2 is 1.55 bits per heavy atom. The molecule has 29 heavy (non-hydrogen) atoms. The highest BCUT2D eigenvalue weighted by molar-refractivity contribution is 5.89. The fourth-order valence-corrected chi connectivity index (χ4v) is 2.82. The van der Waals surface area contributed by atoms with Crippen molar-refractivity contribution in [1.82, 2.24) is 4.90 Å². The molecule has 6 heteroatoms. The molecule has 0 saturated carbocycles. The summed E-state index contributed by atoms with van der Waals surface area (Å²) in [4.78, 5) is 21.6. The van der Waals surface area contributed by atoms with Crippen LogP contribution in [0.1, 0.15) is 24.0 Å². The Kier molecular flexibility index (Phi) is 9.45. The van der Waals surface area contributed by atoms with Crippen molar-refractivity contribution >= 4 is 11.9 Å². The van der Waals surface area contributed by atoms with Gasteiger partial charge in [-0.3, -0.25) is 0 Å². The number of hydrogen-bond donors (Lipinski definition) is 2. The number of hydrogen-bond acceptors (Lipinski definition) is 4. The smallest absolute Gasteiger partial charge is 0.328 e. The quantitative estimate of drug-likeness (QED) is 0.498. The lowest BCUT2D eigenvalue weighted by Gasteiger charge is -2.30. The molecule has 0 bridgehead atoms. The van der Waals surface area contributed by atoms with Gasteiger partial charge in [0.1, 0.15) is 5.75 Å². The topological polar surface area (TPSA) is 87.1 Å². The molecule has 0 aliphatic carbocycles. The van der Waals surface area contributed by atoms with Gasteiger partial charge in [-0.2, -0.15) is 0 Å². The van der Waals surface area contributed by atoms with Crippen LogP contribution >= 0.6 is 0 Å². The third-order valence-electron chi connectivity index (χ3n) is 4.40. The van der Waals surface area contributed by atoms with E-state index in [4.69, 9.17) is 14.9 Å². The molecule has 1 aliphatic heterocycles. The summed E-state index contributed by atoms with van der Waals surface area (Å²) >= 11 is 0.